The molecule has 7 heteroatoms. The lowest BCUT2D eigenvalue weighted by Gasteiger charge is -2.40. The van der Waals surface area contributed by atoms with E-state index < -0.39 is 0 Å². The number of nitrogens with two attached hydrogens (primary N) is 1. The Morgan fingerprint density at radius 3 is 2.50 bits per heavy atom. The molecule has 2 atom stereocenters. The molecule has 4 rings (SSSR count). The number of ether oxygens (including phenoxy) is 1. The Kier molecular flexibility index (Phi) is 6.45. The van der Waals surface area contributed by atoms with E-state index in [0.717, 1.165) is 40.2 Å². The lowest BCUT2D eigenvalue weighted by molar-refractivity contribution is -0.117. The topological polar surface area (TPSA) is 96.7 Å². The Bertz CT molecular complexity index is 1240. The summed E-state index contributed by atoms with van der Waals surface area (Å²) in [7, 11) is 1.62. The number of nitrogens with one attached hydrogen (secondary N) is 2. The molecule has 1 heterocycles. The Balaban J connectivity index is 1.78. The van der Waals surface area contributed by atoms with Gasteiger partial charge in [-0.1, -0.05) is 18.2 Å². The number of carbonyl (C=O) groups excluding carboxylic acids is 2. The second kappa shape index (κ2) is 9.47. The molecule has 0 saturated heterocycles. The third-order valence-electron chi connectivity index (χ3n) is 6.09. The van der Waals surface area contributed by atoms with Gasteiger partial charge in [-0.3, -0.25) is 9.59 Å². The second-order valence-electron chi connectivity index (χ2n) is 8.67. The van der Waals surface area contributed by atoms with E-state index >= 15 is 0 Å². The highest BCUT2D eigenvalue weighted by atomic mass is 16.5. The first-order chi connectivity index (χ1) is 16.3. The van der Waals surface area contributed by atoms with Gasteiger partial charge in [-0.25, -0.2) is 0 Å². The van der Waals surface area contributed by atoms with Crippen LogP contribution in [0.1, 0.15) is 38.8 Å². The van der Waals surface area contributed by atoms with E-state index in [1.165, 1.54) is 6.92 Å². The number of amides is 2. The van der Waals surface area contributed by atoms with E-state index in [0.29, 0.717) is 11.4 Å². The highest BCUT2D eigenvalue weighted by molar-refractivity contribution is 5.94. The third kappa shape index (κ3) is 4.69. The van der Waals surface area contributed by atoms with Crippen LogP contribution in [0.2, 0.25) is 0 Å². The Morgan fingerprint density at radius 1 is 1.03 bits per heavy atom. The first-order valence-corrected chi connectivity index (χ1v) is 11.3. The zero-order chi connectivity index (χ0) is 24.4. The zero-order valence-corrected chi connectivity index (χ0v) is 19.9. The minimum Gasteiger partial charge on any atom is -0.495 e. The highest BCUT2D eigenvalue weighted by Crippen LogP contribution is 2.42. The van der Waals surface area contributed by atoms with Crippen LogP contribution in [0.5, 0.6) is 5.75 Å². The maximum absolute atomic E-state index is 12.5. The third-order valence-corrected chi connectivity index (χ3v) is 6.09. The number of benzene rings is 3. The number of rotatable bonds is 5. The number of carbonyl (C=O) groups is 2. The van der Waals surface area contributed by atoms with Crippen molar-refractivity contribution in [3.63, 3.8) is 0 Å². The van der Waals surface area contributed by atoms with Crippen molar-refractivity contribution >= 4 is 34.6 Å². The highest BCUT2D eigenvalue weighted by Gasteiger charge is 2.33. The van der Waals surface area contributed by atoms with Crippen LogP contribution >= 0.6 is 0 Å². The summed E-state index contributed by atoms with van der Waals surface area (Å²) < 4.78 is 5.54. The molecular weight excluding hydrogens is 428 g/mol. The number of fused-ring (bicyclic) bond motifs is 1. The van der Waals surface area contributed by atoms with Crippen molar-refractivity contribution in [2.45, 2.75) is 39.3 Å². The van der Waals surface area contributed by atoms with Gasteiger partial charge in [0, 0.05) is 43.0 Å². The molecule has 0 bridgehead atoms. The number of anilines is 4. The summed E-state index contributed by atoms with van der Waals surface area (Å²) in [6, 6.07) is 19.4. The van der Waals surface area contributed by atoms with E-state index in [2.05, 4.69) is 23.6 Å². The van der Waals surface area contributed by atoms with Gasteiger partial charge in [-0.2, -0.15) is 0 Å². The molecule has 0 saturated carbocycles. The van der Waals surface area contributed by atoms with Crippen molar-refractivity contribution in [2.75, 3.05) is 28.4 Å². The van der Waals surface area contributed by atoms with Crippen LogP contribution in [-0.4, -0.2) is 25.0 Å². The lowest BCUT2D eigenvalue weighted by Crippen LogP contribution is -2.43. The SMILES string of the molecule is COc1cc(N)ccc1N[C@@H]1C[C@H](C)N(C(C)=O)c2ccc(-c3cccc(NC(C)=O)c3)cc21. The lowest BCUT2D eigenvalue weighted by atomic mass is 9.88. The monoisotopic (exact) mass is 458 g/mol. The first kappa shape index (κ1) is 23.2. The van der Waals surface area contributed by atoms with Crippen LogP contribution in [-0.2, 0) is 9.59 Å². The number of nitrogen functional groups attached to an aromatic ring is 1. The average molecular weight is 459 g/mol. The first-order valence-electron chi connectivity index (χ1n) is 11.3. The molecule has 3 aromatic carbocycles. The van der Waals surface area contributed by atoms with Crippen molar-refractivity contribution in [2.24, 2.45) is 0 Å². The predicted molar refractivity (Wildman–Crippen MR) is 137 cm³/mol. The maximum atomic E-state index is 12.5. The zero-order valence-electron chi connectivity index (χ0n) is 19.9. The molecule has 1 aliphatic heterocycles. The van der Waals surface area contributed by atoms with E-state index in [-0.39, 0.29) is 23.9 Å². The maximum Gasteiger partial charge on any atom is 0.224 e. The molecule has 4 N–H and O–H groups in total. The molecule has 1 aliphatic rings. The average Bonchev–Trinajstić information content (AvgIpc) is 2.79. The normalized spacial score (nSPS) is 17.0. The number of hydrogen-bond acceptors (Lipinski definition) is 5. The smallest absolute Gasteiger partial charge is 0.224 e. The molecule has 0 aromatic heterocycles. The van der Waals surface area contributed by atoms with Gasteiger partial charge in [0.2, 0.25) is 11.8 Å². The van der Waals surface area contributed by atoms with Crippen LogP contribution in [0.15, 0.2) is 60.7 Å². The van der Waals surface area contributed by atoms with Crippen molar-refractivity contribution in [3.05, 3.63) is 66.2 Å². The van der Waals surface area contributed by atoms with Crippen LogP contribution in [0.25, 0.3) is 11.1 Å². The number of nitrogens with zero attached hydrogens (tertiary/aromatic N) is 1. The molecule has 2 amide bonds. The summed E-state index contributed by atoms with van der Waals surface area (Å²) in [5.41, 5.74) is 12.0. The molecule has 0 unspecified atom stereocenters. The largest absolute Gasteiger partial charge is 0.495 e. The Labute approximate surface area is 199 Å². The van der Waals surface area contributed by atoms with Gasteiger partial charge in [-0.05, 0) is 66.4 Å². The predicted octanol–water partition coefficient (Wildman–Crippen LogP) is 5.20. The quantitative estimate of drug-likeness (QED) is 0.457. The van der Waals surface area contributed by atoms with Crippen LogP contribution in [0.3, 0.4) is 0 Å². The summed E-state index contributed by atoms with van der Waals surface area (Å²) >= 11 is 0. The van der Waals surface area contributed by atoms with Crippen molar-refractivity contribution in [3.8, 4) is 16.9 Å². The number of hydrogen-bond donors (Lipinski definition) is 3. The molecule has 34 heavy (non-hydrogen) atoms. The molecular formula is C27H30N4O3. The van der Waals surface area contributed by atoms with Crippen molar-refractivity contribution in [1.29, 1.82) is 0 Å². The minimum absolute atomic E-state index is 0.0117. The second-order valence-corrected chi connectivity index (χ2v) is 8.67. The Morgan fingerprint density at radius 2 is 1.79 bits per heavy atom. The fourth-order valence-electron chi connectivity index (χ4n) is 4.65. The van der Waals surface area contributed by atoms with E-state index in [9.17, 15) is 9.59 Å². The molecule has 0 aliphatic carbocycles. The fraction of sp³-hybridized carbons (Fsp3) is 0.259. The Hall–Kier alpha value is -4.00. The standard InChI is InChI=1S/C27H30N4O3/c1-16-12-25(30-24-10-9-21(28)15-27(24)34-4)23-14-20(8-11-26(23)31(16)18(3)33)19-6-5-7-22(13-19)29-17(2)32/h5-11,13-16,25,30H,12,28H2,1-4H3,(H,29,32)/t16-,25+/m0/s1. The summed E-state index contributed by atoms with van der Waals surface area (Å²) in [6.07, 6.45) is 0.732. The number of methoxy groups -OCH3 is 1. The van der Waals surface area contributed by atoms with Crippen LogP contribution in [0.4, 0.5) is 22.7 Å². The summed E-state index contributed by atoms with van der Waals surface area (Å²) in [5.74, 6) is 0.565. The molecule has 0 fully saturated rings. The van der Waals surface area contributed by atoms with Gasteiger partial charge in [0.1, 0.15) is 5.75 Å². The molecule has 0 radical (unpaired) electrons. The summed E-state index contributed by atoms with van der Waals surface area (Å²) in [6.45, 7) is 5.15. The van der Waals surface area contributed by atoms with Gasteiger partial charge < -0.3 is 26.0 Å². The van der Waals surface area contributed by atoms with Gasteiger partial charge >= 0.3 is 0 Å². The molecule has 176 valence electrons. The molecule has 7 nitrogen and oxygen atoms in total. The van der Waals surface area contributed by atoms with Crippen molar-refractivity contribution < 1.29 is 14.3 Å². The molecule has 0 spiro atoms. The van der Waals surface area contributed by atoms with E-state index in [1.807, 2.05) is 53.4 Å². The molecule has 3 aromatic rings. The van der Waals surface area contributed by atoms with Gasteiger partial charge in [0.25, 0.3) is 0 Å². The van der Waals surface area contributed by atoms with Crippen LogP contribution < -0.4 is 26.0 Å². The van der Waals surface area contributed by atoms with Gasteiger partial charge in [0.05, 0.1) is 18.8 Å². The van der Waals surface area contributed by atoms with E-state index in [4.69, 9.17) is 10.5 Å². The van der Waals surface area contributed by atoms with Gasteiger partial charge in [-0.15, -0.1) is 0 Å². The van der Waals surface area contributed by atoms with E-state index in [1.54, 1.807) is 20.1 Å². The summed E-state index contributed by atoms with van der Waals surface area (Å²) in [5, 5.41) is 6.45. The van der Waals surface area contributed by atoms with Crippen molar-refractivity contribution in [1.82, 2.24) is 0 Å². The minimum atomic E-state index is -0.115. The summed E-state index contributed by atoms with van der Waals surface area (Å²) in [4.78, 5) is 25.9. The van der Waals surface area contributed by atoms with Crippen LogP contribution in [0, 0.1) is 0 Å². The fourth-order valence-corrected chi connectivity index (χ4v) is 4.65. The van der Waals surface area contributed by atoms with Gasteiger partial charge in [0.15, 0.2) is 0 Å².